The first-order valence-electron chi connectivity index (χ1n) is 6.74. The molecule has 0 heterocycles. The molecule has 20 heavy (non-hydrogen) atoms. The van der Waals surface area contributed by atoms with E-state index in [9.17, 15) is 9.90 Å². The predicted octanol–water partition coefficient (Wildman–Crippen LogP) is 2.78. The summed E-state index contributed by atoms with van der Waals surface area (Å²) in [7, 11) is 1.59. The molecule has 112 valence electrons. The normalized spacial score (nSPS) is 12.1. The Bertz CT molecular complexity index is 430. The first-order chi connectivity index (χ1) is 9.58. The van der Waals surface area contributed by atoms with Gasteiger partial charge in [0.25, 0.3) is 0 Å². The van der Waals surface area contributed by atoms with Gasteiger partial charge in [0.2, 0.25) is 0 Å². The molecule has 1 atom stereocenters. The average molecular weight is 282 g/mol. The summed E-state index contributed by atoms with van der Waals surface area (Å²) in [4.78, 5) is 10.9. The Balaban J connectivity index is 2.80. The van der Waals surface area contributed by atoms with Crippen LogP contribution in [0.1, 0.15) is 37.7 Å². The second-order valence-electron chi connectivity index (χ2n) is 4.65. The number of benzene rings is 1. The monoisotopic (exact) mass is 282 g/mol. The van der Waals surface area contributed by atoms with E-state index in [1.165, 1.54) is 6.07 Å². The zero-order valence-corrected chi connectivity index (χ0v) is 12.0. The summed E-state index contributed by atoms with van der Waals surface area (Å²) in [6.07, 6.45) is 1.61. The highest BCUT2D eigenvalue weighted by Crippen LogP contribution is 2.34. The molecular weight excluding hydrogens is 260 g/mol. The molecule has 0 aliphatic rings. The van der Waals surface area contributed by atoms with Crippen LogP contribution in [0.25, 0.3) is 0 Å². The van der Waals surface area contributed by atoms with Crippen molar-refractivity contribution in [2.75, 3.05) is 20.3 Å². The Morgan fingerprint density at radius 3 is 2.65 bits per heavy atom. The number of hydrogen-bond donors (Lipinski definition) is 2. The quantitative estimate of drug-likeness (QED) is 0.681. The molecule has 0 radical (unpaired) electrons. The summed E-state index contributed by atoms with van der Waals surface area (Å²) in [5.41, 5.74) is 0.661. The number of hydrogen-bond acceptors (Lipinski definition) is 4. The molecule has 0 spiro atoms. The van der Waals surface area contributed by atoms with Gasteiger partial charge >= 0.3 is 5.97 Å². The van der Waals surface area contributed by atoms with Crippen molar-refractivity contribution >= 4 is 5.97 Å². The highest BCUT2D eigenvalue weighted by atomic mass is 16.5. The molecule has 0 bridgehead atoms. The Morgan fingerprint density at radius 2 is 2.10 bits per heavy atom. The lowest BCUT2D eigenvalue weighted by atomic mass is 9.90. The number of carboxylic acid groups (broad SMARTS) is 1. The average Bonchev–Trinajstić information content (AvgIpc) is 2.38. The first-order valence-corrected chi connectivity index (χ1v) is 6.74. The van der Waals surface area contributed by atoms with Crippen molar-refractivity contribution in [3.8, 4) is 11.5 Å². The molecule has 1 aromatic rings. The lowest BCUT2D eigenvalue weighted by Crippen LogP contribution is -2.07. The molecule has 0 saturated carbocycles. The molecule has 0 aliphatic heterocycles. The Hall–Kier alpha value is -1.75. The molecule has 0 fully saturated rings. The van der Waals surface area contributed by atoms with Gasteiger partial charge in [0.1, 0.15) is 18.1 Å². The van der Waals surface area contributed by atoms with E-state index in [-0.39, 0.29) is 18.1 Å². The maximum atomic E-state index is 10.9. The number of aromatic hydroxyl groups is 1. The summed E-state index contributed by atoms with van der Waals surface area (Å²) in [5.74, 6) is -0.401. The van der Waals surface area contributed by atoms with Crippen LogP contribution >= 0.6 is 0 Å². The van der Waals surface area contributed by atoms with Gasteiger partial charge < -0.3 is 19.7 Å². The number of carboxylic acids is 1. The topological polar surface area (TPSA) is 76.0 Å². The molecule has 5 heteroatoms. The number of ether oxygens (including phenoxy) is 2. The van der Waals surface area contributed by atoms with Crippen LogP contribution in [0.2, 0.25) is 0 Å². The molecular formula is C15H22O5. The number of rotatable bonds is 9. The van der Waals surface area contributed by atoms with Crippen molar-refractivity contribution in [1.29, 1.82) is 0 Å². The van der Waals surface area contributed by atoms with Crippen LogP contribution < -0.4 is 4.74 Å². The van der Waals surface area contributed by atoms with E-state index < -0.39 is 5.97 Å². The maximum absolute atomic E-state index is 10.9. The van der Waals surface area contributed by atoms with Crippen LogP contribution in [0, 0.1) is 0 Å². The SMILES string of the molecule is CCCC(CC(=O)O)c1ccc(OCCOC)cc1O. The smallest absolute Gasteiger partial charge is 0.303 e. The van der Waals surface area contributed by atoms with Crippen LogP contribution in [0.4, 0.5) is 0 Å². The van der Waals surface area contributed by atoms with Gasteiger partial charge in [-0.1, -0.05) is 19.4 Å². The van der Waals surface area contributed by atoms with Gasteiger partial charge in [0.15, 0.2) is 0 Å². The molecule has 5 nitrogen and oxygen atoms in total. The van der Waals surface area contributed by atoms with E-state index in [1.54, 1.807) is 19.2 Å². The van der Waals surface area contributed by atoms with Crippen molar-refractivity contribution in [2.24, 2.45) is 0 Å². The summed E-state index contributed by atoms with van der Waals surface area (Å²) in [5, 5.41) is 19.0. The largest absolute Gasteiger partial charge is 0.508 e. The molecule has 1 unspecified atom stereocenters. The molecule has 0 aliphatic carbocycles. The van der Waals surface area contributed by atoms with Gasteiger partial charge in [-0.2, -0.15) is 0 Å². The summed E-state index contributed by atoms with van der Waals surface area (Å²) in [6, 6.07) is 5.01. The van der Waals surface area contributed by atoms with Gasteiger partial charge in [-0.3, -0.25) is 4.79 Å². The van der Waals surface area contributed by atoms with E-state index in [0.29, 0.717) is 24.5 Å². The summed E-state index contributed by atoms with van der Waals surface area (Å²) < 4.78 is 10.3. The maximum Gasteiger partial charge on any atom is 0.303 e. The van der Waals surface area contributed by atoms with Crippen LogP contribution in [0.3, 0.4) is 0 Å². The third-order valence-corrected chi connectivity index (χ3v) is 3.06. The van der Waals surface area contributed by atoms with E-state index in [2.05, 4.69) is 0 Å². The minimum absolute atomic E-state index is 0.0191. The zero-order chi connectivity index (χ0) is 15.0. The molecule has 2 N–H and O–H groups in total. The fourth-order valence-electron chi connectivity index (χ4n) is 2.13. The highest BCUT2D eigenvalue weighted by Gasteiger charge is 2.18. The third kappa shape index (κ3) is 5.09. The number of phenols is 1. The van der Waals surface area contributed by atoms with Crippen LogP contribution in [-0.2, 0) is 9.53 Å². The van der Waals surface area contributed by atoms with Crippen molar-refractivity contribution in [1.82, 2.24) is 0 Å². The van der Waals surface area contributed by atoms with E-state index in [4.69, 9.17) is 14.6 Å². The minimum Gasteiger partial charge on any atom is -0.508 e. The highest BCUT2D eigenvalue weighted by molar-refractivity contribution is 5.68. The molecule has 1 rings (SSSR count). The molecule has 0 saturated heterocycles. The van der Waals surface area contributed by atoms with Crippen LogP contribution in [-0.4, -0.2) is 36.5 Å². The first kappa shape index (κ1) is 16.3. The van der Waals surface area contributed by atoms with Crippen molar-refractivity contribution < 1.29 is 24.5 Å². The number of aliphatic carboxylic acids is 1. The fraction of sp³-hybridized carbons (Fsp3) is 0.533. The van der Waals surface area contributed by atoms with E-state index in [0.717, 1.165) is 12.8 Å². The molecule has 0 amide bonds. The fourth-order valence-corrected chi connectivity index (χ4v) is 2.13. The molecule has 0 aromatic heterocycles. The van der Waals surface area contributed by atoms with Crippen LogP contribution in [0.15, 0.2) is 18.2 Å². The lowest BCUT2D eigenvalue weighted by molar-refractivity contribution is -0.137. The minimum atomic E-state index is -0.858. The number of methoxy groups -OCH3 is 1. The van der Waals surface area contributed by atoms with Crippen molar-refractivity contribution in [3.05, 3.63) is 23.8 Å². The second kappa shape index (κ2) is 8.43. The Morgan fingerprint density at radius 1 is 1.35 bits per heavy atom. The lowest BCUT2D eigenvalue weighted by Gasteiger charge is -2.16. The van der Waals surface area contributed by atoms with Crippen molar-refractivity contribution in [3.63, 3.8) is 0 Å². The zero-order valence-electron chi connectivity index (χ0n) is 12.0. The van der Waals surface area contributed by atoms with E-state index >= 15 is 0 Å². The predicted molar refractivity (Wildman–Crippen MR) is 75.4 cm³/mol. The van der Waals surface area contributed by atoms with E-state index in [1.807, 2.05) is 6.92 Å². The summed E-state index contributed by atoms with van der Waals surface area (Å²) in [6.45, 7) is 2.87. The van der Waals surface area contributed by atoms with Gasteiger partial charge in [0, 0.05) is 13.2 Å². The van der Waals surface area contributed by atoms with Gasteiger partial charge in [-0.25, -0.2) is 0 Å². The Labute approximate surface area is 119 Å². The van der Waals surface area contributed by atoms with Crippen LogP contribution in [0.5, 0.6) is 11.5 Å². The number of carbonyl (C=O) groups is 1. The third-order valence-electron chi connectivity index (χ3n) is 3.06. The summed E-state index contributed by atoms with van der Waals surface area (Å²) >= 11 is 0. The van der Waals surface area contributed by atoms with Gasteiger partial charge in [0.05, 0.1) is 13.0 Å². The van der Waals surface area contributed by atoms with Gasteiger partial charge in [-0.15, -0.1) is 0 Å². The molecule has 1 aromatic carbocycles. The van der Waals surface area contributed by atoms with Crippen molar-refractivity contribution in [2.45, 2.75) is 32.1 Å². The second-order valence-corrected chi connectivity index (χ2v) is 4.65. The number of phenolic OH excluding ortho intramolecular Hbond substituents is 1. The Kier molecular flexibility index (Phi) is 6.87. The standard InChI is InChI=1S/C15H22O5/c1-3-4-11(9-15(17)18)13-6-5-12(10-14(13)16)20-8-7-19-2/h5-6,10-11,16H,3-4,7-9H2,1-2H3,(H,17,18). The van der Waals surface area contributed by atoms with Gasteiger partial charge in [-0.05, 0) is 24.0 Å².